The van der Waals surface area contributed by atoms with E-state index in [0.29, 0.717) is 32.2 Å². The largest absolute Gasteiger partial charge is 0.481 e. The van der Waals surface area contributed by atoms with Gasteiger partial charge in [0.25, 0.3) is 0 Å². The van der Waals surface area contributed by atoms with Gasteiger partial charge in [0.1, 0.15) is 36.3 Å². The van der Waals surface area contributed by atoms with Gasteiger partial charge in [-0.25, -0.2) is 4.79 Å². The van der Waals surface area contributed by atoms with Crippen molar-refractivity contribution < 1.29 is 53.7 Å². The summed E-state index contributed by atoms with van der Waals surface area (Å²) in [5.74, 6) is -8.25. The molecule has 0 fully saturated rings. The summed E-state index contributed by atoms with van der Waals surface area (Å²) < 4.78 is 0. The van der Waals surface area contributed by atoms with E-state index in [2.05, 4.69) is 31.9 Å². The Balaban J connectivity index is 5.78. The molecule has 292 valence electrons. The van der Waals surface area contributed by atoms with Gasteiger partial charge in [0.2, 0.25) is 35.4 Å². The lowest BCUT2D eigenvalue weighted by Gasteiger charge is -2.28. The van der Waals surface area contributed by atoms with Gasteiger partial charge in [-0.3, -0.25) is 33.6 Å². The van der Waals surface area contributed by atoms with Gasteiger partial charge in [0, 0.05) is 6.42 Å². The van der Waals surface area contributed by atoms with Crippen molar-refractivity contribution in [1.29, 1.82) is 0 Å². The third-order valence-corrected chi connectivity index (χ3v) is 8.51. The maximum absolute atomic E-state index is 13.5. The summed E-state index contributed by atoms with van der Waals surface area (Å²) >= 11 is 0. The lowest BCUT2D eigenvalue weighted by atomic mass is 9.97. The average molecular weight is 731 g/mol. The van der Waals surface area contributed by atoms with Gasteiger partial charge in [0.15, 0.2) is 0 Å². The molecular formula is C32H58N8O11. The Morgan fingerprint density at radius 3 is 1.57 bits per heavy atom. The van der Waals surface area contributed by atoms with Crippen LogP contribution < -0.4 is 43.4 Å². The second-order valence-electron chi connectivity index (χ2n) is 12.7. The molecule has 0 spiro atoms. The molecule has 0 aliphatic rings. The molecule has 0 aromatic carbocycles. The molecule has 0 unspecified atom stereocenters. The Labute approximate surface area is 298 Å². The first-order chi connectivity index (χ1) is 23.8. The summed E-state index contributed by atoms with van der Waals surface area (Å²) in [5.41, 5.74) is 11.3. The third kappa shape index (κ3) is 16.9. The number of nitrogens with two attached hydrogens (primary N) is 2. The van der Waals surface area contributed by atoms with Crippen LogP contribution in [0.3, 0.4) is 0 Å². The molecule has 19 nitrogen and oxygen atoms in total. The summed E-state index contributed by atoms with van der Waals surface area (Å²) in [5, 5.41) is 42.9. The smallest absolute Gasteiger partial charge is 0.326 e. The highest BCUT2D eigenvalue weighted by molar-refractivity contribution is 5.97. The molecule has 13 N–H and O–H groups in total. The Kier molecular flexibility index (Phi) is 21.9. The molecule has 0 rings (SSSR count). The fourth-order valence-electron chi connectivity index (χ4n) is 4.56. The second-order valence-corrected chi connectivity index (χ2v) is 12.7. The molecule has 0 aliphatic heterocycles. The van der Waals surface area contributed by atoms with Crippen LogP contribution in [0.2, 0.25) is 0 Å². The first kappa shape index (κ1) is 46.6. The minimum atomic E-state index is -1.65. The molecule has 19 heteroatoms. The number of aliphatic carboxylic acids is 2. The van der Waals surface area contributed by atoms with Crippen molar-refractivity contribution in [2.75, 3.05) is 13.2 Å². The second kappa shape index (κ2) is 23.9. The lowest BCUT2D eigenvalue weighted by molar-refractivity contribution is -0.143. The lowest BCUT2D eigenvalue weighted by Crippen LogP contribution is -2.60. The van der Waals surface area contributed by atoms with Gasteiger partial charge in [-0.2, -0.15) is 0 Å². The van der Waals surface area contributed by atoms with Crippen LogP contribution in [-0.4, -0.2) is 118 Å². The molecular weight excluding hydrogens is 672 g/mol. The molecule has 6 amide bonds. The van der Waals surface area contributed by atoms with E-state index in [-0.39, 0.29) is 12.3 Å². The van der Waals surface area contributed by atoms with Crippen molar-refractivity contribution in [3.8, 4) is 0 Å². The highest BCUT2D eigenvalue weighted by atomic mass is 16.4. The number of carbonyl (C=O) groups excluding carboxylic acids is 6. The summed E-state index contributed by atoms with van der Waals surface area (Å²) in [6.45, 7) is 9.16. The number of hydrogen-bond acceptors (Lipinski definition) is 11. The molecule has 0 aromatic rings. The normalized spacial score (nSPS) is 16.3. The predicted molar refractivity (Wildman–Crippen MR) is 184 cm³/mol. The Hall–Kier alpha value is -4.36. The monoisotopic (exact) mass is 730 g/mol. The average Bonchev–Trinajstić information content (AvgIpc) is 3.08. The zero-order chi connectivity index (χ0) is 39.4. The minimum absolute atomic E-state index is 0.0371. The zero-order valence-electron chi connectivity index (χ0n) is 30.3. The molecule has 51 heavy (non-hydrogen) atoms. The van der Waals surface area contributed by atoms with E-state index in [1.54, 1.807) is 20.8 Å². The number of carboxylic acids is 2. The van der Waals surface area contributed by atoms with Crippen LogP contribution >= 0.6 is 0 Å². The fraction of sp³-hybridized carbons (Fsp3) is 0.750. The summed E-state index contributed by atoms with van der Waals surface area (Å²) in [6.07, 6.45) is 0.912. The van der Waals surface area contributed by atoms with E-state index in [1.807, 2.05) is 6.92 Å². The van der Waals surface area contributed by atoms with E-state index < -0.39 is 115 Å². The Morgan fingerprint density at radius 2 is 1.08 bits per heavy atom. The number of unbranched alkanes of at least 4 members (excludes halogenated alkanes) is 1. The maximum atomic E-state index is 13.5. The van der Waals surface area contributed by atoms with Crippen molar-refractivity contribution in [1.82, 2.24) is 31.9 Å². The van der Waals surface area contributed by atoms with E-state index in [4.69, 9.17) is 11.5 Å². The molecule has 9 atom stereocenters. The quantitative estimate of drug-likeness (QED) is 0.0431. The van der Waals surface area contributed by atoms with Crippen LogP contribution in [0.25, 0.3) is 0 Å². The molecule has 0 heterocycles. The number of carboxylic acid groups (broad SMARTS) is 2. The molecule has 0 bridgehead atoms. The topological polar surface area (TPSA) is 321 Å². The fourth-order valence-corrected chi connectivity index (χ4v) is 4.56. The van der Waals surface area contributed by atoms with Gasteiger partial charge in [0.05, 0.1) is 12.6 Å². The molecule has 0 radical (unpaired) electrons. The van der Waals surface area contributed by atoms with Gasteiger partial charge in [-0.15, -0.1) is 0 Å². The van der Waals surface area contributed by atoms with Crippen LogP contribution in [-0.2, 0) is 38.4 Å². The van der Waals surface area contributed by atoms with Crippen molar-refractivity contribution >= 4 is 47.4 Å². The SMILES string of the molecule is CC[C@H](C)[C@H](N)C(=O)N[C@@H](C)C(=O)N[C@@H](C)C(=O)N[C@H](C(=O)N[C@@H](CCC(=O)O)C(=O)N[C@@H](CO)C(=O)N[C@@H](CCCCN)C(=O)O)[C@@H](C)CC. The third-order valence-electron chi connectivity index (χ3n) is 8.51. The summed E-state index contributed by atoms with van der Waals surface area (Å²) in [7, 11) is 0. The number of aliphatic hydroxyl groups excluding tert-OH is 1. The van der Waals surface area contributed by atoms with Crippen LogP contribution in [0, 0.1) is 11.8 Å². The summed E-state index contributed by atoms with van der Waals surface area (Å²) in [4.78, 5) is 101. The van der Waals surface area contributed by atoms with Gasteiger partial charge in [-0.05, 0) is 57.9 Å². The van der Waals surface area contributed by atoms with Crippen LogP contribution in [0.15, 0.2) is 0 Å². The predicted octanol–water partition coefficient (Wildman–Crippen LogP) is -2.57. The van der Waals surface area contributed by atoms with Gasteiger partial charge < -0.3 is 58.7 Å². The first-order valence-corrected chi connectivity index (χ1v) is 17.2. The number of nitrogens with one attached hydrogen (secondary N) is 6. The van der Waals surface area contributed by atoms with Crippen molar-refractivity contribution in [2.24, 2.45) is 23.3 Å². The van der Waals surface area contributed by atoms with E-state index in [0.717, 1.165) is 0 Å². The number of aliphatic hydroxyl groups is 1. The van der Waals surface area contributed by atoms with Gasteiger partial charge in [-0.1, -0.05) is 40.5 Å². The number of amides is 6. The minimum Gasteiger partial charge on any atom is -0.481 e. The van der Waals surface area contributed by atoms with Crippen LogP contribution in [0.5, 0.6) is 0 Å². The molecule has 0 saturated heterocycles. The van der Waals surface area contributed by atoms with E-state index in [9.17, 15) is 53.7 Å². The van der Waals surface area contributed by atoms with E-state index in [1.165, 1.54) is 13.8 Å². The molecule has 0 aromatic heterocycles. The summed E-state index contributed by atoms with van der Waals surface area (Å²) in [6, 6.07) is -8.86. The maximum Gasteiger partial charge on any atom is 0.326 e. The van der Waals surface area contributed by atoms with Crippen LogP contribution in [0.1, 0.15) is 86.5 Å². The zero-order valence-corrected chi connectivity index (χ0v) is 30.3. The number of rotatable bonds is 25. The van der Waals surface area contributed by atoms with Crippen molar-refractivity contribution in [2.45, 2.75) is 129 Å². The first-order valence-electron chi connectivity index (χ1n) is 17.2. The van der Waals surface area contributed by atoms with Crippen molar-refractivity contribution in [3.05, 3.63) is 0 Å². The van der Waals surface area contributed by atoms with E-state index >= 15 is 0 Å². The number of hydrogen-bond donors (Lipinski definition) is 11. The number of carbonyl (C=O) groups is 8. The standard InChI is InChI=1S/C32H58N8O11/c1-7-16(3)24(34)30(48)36-18(5)26(44)35-19(6)27(45)40-25(17(4)8-2)31(49)37-20(12-13-23(42)43)28(46)39-22(15-41)29(47)38-21(32(50)51)11-9-10-14-33/h16-22,24-25,41H,7-15,33-34H2,1-6H3,(H,35,44)(H,36,48)(H,37,49)(H,38,47)(H,39,46)(H,40,45)(H,42,43)(H,50,51)/t16-,17-,18-,19-,20-,21-,22-,24-,25-/m0/s1. The van der Waals surface area contributed by atoms with Crippen molar-refractivity contribution in [3.63, 3.8) is 0 Å². The van der Waals surface area contributed by atoms with Gasteiger partial charge >= 0.3 is 11.9 Å². The Morgan fingerprint density at radius 1 is 0.588 bits per heavy atom. The highest BCUT2D eigenvalue weighted by Gasteiger charge is 2.34. The Bertz CT molecular complexity index is 1200. The van der Waals surface area contributed by atoms with Crippen LogP contribution in [0.4, 0.5) is 0 Å². The molecule has 0 saturated carbocycles. The molecule has 0 aliphatic carbocycles. The highest BCUT2D eigenvalue weighted by Crippen LogP contribution is 2.11.